The van der Waals surface area contributed by atoms with Crippen molar-refractivity contribution in [2.45, 2.75) is 207 Å². The highest BCUT2D eigenvalue weighted by Gasteiger charge is 2.60. The topological polar surface area (TPSA) is 126 Å². The molecule has 11 atom stereocenters. The van der Waals surface area contributed by atoms with Gasteiger partial charge in [0.25, 0.3) is 0 Å². The lowest BCUT2D eigenvalue weighted by molar-refractivity contribution is -0.163. The van der Waals surface area contributed by atoms with Crippen LogP contribution in [0, 0.1) is 52.3 Å². The summed E-state index contributed by atoms with van der Waals surface area (Å²) in [6, 6.07) is 9.08. The number of ether oxygens (including phenoxy) is 1. The number of esters is 1. The van der Waals surface area contributed by atoms with Crippen LogP contribution < -0.4 is 21.3 Å². The van der Waals surface area contributed by atoms with Gasteiger partial charge >= 0.3 is 5.97 Å². The third-order valence-corrected chi connectivity index (χ3v) is 18.8. The summed E-state index contributed by atoms with van der Waals surface area (Å²) in [5.41, 5.74) is 12.2. The van der Waals surface area contributed by atoms with Crippen LogP contribution in [0.3, 0.4) is 0 Å². The molecule has 5 aliphatic rings. The van der Waals surface area contributed by atoms with Gasteiger partial charge in [0, 0.05) is 81.7 Å². The molecule has 0 radical (unpaired) electrons. The molecule has 3 heterocycles. The number of fused-ring (bicyclic) bond motifs is 5. The largest absolute Gasteiger partial charge is 0.462 e. The van der Waals surface area contributed by atoms with Crippen molar-refractivity contribution < 1.29 is 14.3 Å². The van der Waals surface area contributed by atoms with Gasteiger partial charge in [0.05, 0.1) is 12.1 Å². The monoisotopic (exact) mass is 938 g/mol. The van der Waals surface area contributed by atoms with E-state index >= 15 is 0 Å². The first-order chi connectivity index (χ1) is 32.7. The molecule has 2 aromatic heterocycles. The van der Waals surface area contributed by atoms with Crippen LogP contribution in [0.5, 0.6) is 0 Å². The number of pyridine rings is 2. The third kappa shape index (κ3) is 13.6. The van der Waals surface area contributed by atoms with Gasteiger partial charge in [-0.25, -0.2) is 0 Å². The number of unbranched alkanes of at least 4 members (excludes halogenated alkanes) is 3. The fraction of sp³-hybridized carbons (Fsp3) is 0.793. The van der Waals surface area contributed by atoms with Crippen molar-refractivity contribution in [2.75, 3.05) is 43.9 Å². The van der Waals surface area contributed by atoms with Crippen molar-refractivity contribution in [3.05, 3.63) is 48.0 Å². The summed E-state index contributed by atoms with van der Waals surface area (Å²) in [7, 11) is 4.14. The summed E-state index contributed by atoms with van der Waals surface area (Å²) in [5.74, 6) is 5.55. The van der Waals surface area contributed by atoms with Gasteiger partial charge in [0.2, 0.25) is 5.91 Å². The molecule has 4 aliphatic carbocycles. The fourth-order valence-electron chi connectivity index (χ4n) is 15.0. The number of rotatable bonds is 25. The van der Waals surface area contributed by atoms with Crippen LogP contribution in [0.2, 0.25) is 0 Å². The summed E-state index contributed by atoms with van der Waals surface area (Å²) in [6.07, 6.45) is 29.5. The maximum absolute atomic E-state index is 13.0. The maximum Gasteiger partial charge on any atom is 0.306 e. The van der Waals surface area contributed by atoms with Gasteiger partial charge in [-0.05, 0) is 186 Å². The lowest BCUT2D eigenvalue weighted by Gasteiger charge is -2.61. The van der Waals surface area contributed by atoms with E-state index in [0.29, 0.717) is 29.3 Å². The van der Waals surface area contributed by atoms with Gasteiger partial charge in [-0.2, -0.15) is 0 Å². The number of hydrogen-bond acceptors (Lipinski definition) is 9. The molecule has 1 saturated heterocycles. The second-order valence-electron chi connectivity index (χ2n) is 23.9. The van der Waals surface area contributed by atoms with Gasteiger partial charge in [-0.15, -0.1) is 0 Å². The summed E-state index contributed by atoms with van der Waals surface area (Å²) in [4.78, 5) is 39.7. The van der Waals surface area contributed by atoms with Crippen molar-refractivity contribution in [1.82, 2.24) is 20.2 Å². The summed E-state index contributed by atoms with van der Waals surface area (Å²) >= 11 is 0. The normalized spacial score (nSPS) is 30.0. The minimum absolute atomic E-state index is 0.00494. The zero-order valence-electron chi connectivity index (χ0n) is 43.9. The van der Waals surface area contributed by atoms with Gasteiger partial charge in [0.1, 0.15) is 6.10 Å². The van der Waals surface area contributed by atoms with Gasteiger partial charge in [-0.3, -0.25) is 24.5 Å². The van der Waals surface area contributed by atoms with Crippen LogP contribution in [-0.2, 0) is 27.3 Å². The minimum atomic E-state index is -0.205. The molecule has 5 unspecified atom stereocenters. The van der Waals surface area contributed by atoms with Gasteiger partial charge in [0.15, 0.2) is 0 Å². The van der Waals surface area contributed by atoms with E-state index in [4.69, 9.17) is 10.5 Å². The third-order valence-electron chi connectivity index (χ3n) is 18.8. The van der Waals surface area contributed by atoms with E-state index in [1.807, 2.05) is 18.5 Å². The maximum atomic E-state index is 13.0. The number of aryl methyl sites for hydroxylation is 1. The molecule has 4 N–H and O–H groups in total. The van der Waals surface area contributed by atoms with E-state index in [9.17, 15) is 9.59 Å². The molecule has 7 rings (SSSR count). The Morgan fingerprint density at radius 2 is 1.60 bits per heavy atom. The summed E-state index contributed by atoms with van der Waals surface area (Å²) < 4.78 is 6.10. The van der Waals surface area contributed by atoms with E-state index in [1.54, 1.807) is 0 Å². The average molecular weight is 938 g/mol. The predicted octanol–water partition coefficient (Wildman–Crippen LogP) is 11.8. The van der Waals surface area contributed by atoms with Crippen LogP contribution in [0.4, 0.5) is 11.4 Å². The number of anilines is 2. The molecule has 68 heavy (non-hydrogen) atoms. The van der Waals surface area contributed by atoms with Gasteiger partial charge < -0.3 is 26.0 Å². The van der Waals surface area contributed by atoms with E-state index < -0.39 is 0 Å². The standard InChI is InChI=1S/C58H95N7O3/c1-41(2)15-13-16-42(3)50-22-23-51-49-21-20-43-37-48(26-30-57(43,4)52(49)27-31-58(50,51)5)68-56(67)25-24-55(66)63-33-12-11-32-60-45-28-34-61-44(38-45)17-9-8-10-18-53(59)54-19-14-36-65(54)40-46-39-47(64(6)7)29-35-62-46/h28-29,34-35,38-39,41-43,48-54H,8-27,30-33,36-37,40,59H2,1-7H3,(H,60,61)(H,63,66)/t42-,43?,48+,49?,50?,51+,52+,53+,54+,57?,58?/m1/s1. The number of hydrogen-bond donors (Lipinski definition) is 3. The number of amides is 1. The van der Waals surface area contributed by atoms with E-state index in [2.05, 4.69) is 97.3 Å². The quantitative estimate of drug-likeness (QED) is 0.0659. The highest BCUT2D eigenvalue weighted by Crippen LogP contribution is 2.68. The second-order valence-corrected chi connectivity index (χ2v) is 23.9. The molecule has 10 heteroatoms. The first kappa shape index (κ1) is 52.6. The molecule has 4 saturated carbocycles. The van der Waals surface area contributed by atoms with Crippen LogP contribution in [-0.4, -0.2) is 78.7 Å². The Morgan fingerprint density at radius 3 is 2.43 bits per heavy atom. The zero-order valence-corrected chi connectivity index (χ0v) is 43.9. The lowest BCUT2D eigenvalue weighted by Crippen LogP contribution is -2.54. The van der Waals surface area contributed by atoms with Crippen LogP contribution >= 0.6 is 0 Å². The van der Waals surface area contributed by atoms with Gasteiger partial charge in [-0.1, -0.05) is 66.7 Å². The second kappa shape index (κ2) is 24.7. The number of nitrogens with two attached hydrogens (primary N) is 1. The molecule has 0 aromatic carbocycles. The predicted molar refractivity (Wildman–Crippen MR) is 279 cm³/mol. The number of nitrogens with one attached hydrogen (secondary N) is 2. The highest BCUT2D eigenvalue weighted by molar-refractivity contribution is 5.81. The Kier molecular flexibility index (Phi) is 19.1. The molecule has 0 spiro atoms. The SMILES string of the molecule is CC(C)CCC[C@@H](C)C1CC[C@H]2C3CCC4C[C@@H](OC(=O)CCC(=O)NCCCCNc5ccnc(CCCCC[C@H](N)[C@@H]6CCCN6Cc6cc(N(C)C)ccn6)c5)CCC4(C)[C@H]3CCC12C. The first-order valence-corrected chi connectivity index (χ1v) is 28.0. The molecular weight excluding hydrogens is 843 g/mol. The Bertz CT molecular complexity index is 1890. The number of likely N-dealkylation sites (tertiary alicyclic amines) is 1. The van der Waals surface area contributed by atoms with Crippen LogP contribution in [0.25, 0.3) is 0 Å². The Labute approximate surface area is 413 Å². The lowest BCUT2D eigenvalue weighted by atomic mass is 9.44. The number of carbonyl (C=O) groups is 2. The van der Waals surface area contributed by atoms with Crippen molar-refractivity contribution in [3.63, 3.8) is 0 Å². The Morgan fingerprint density at radius 1 is 0.824 bits per heavy atom. The van der Waals surface area contributed by atoms with Crippen molar-refractivity contribution in [1.29, 1.82) is 0 Å². The smallest absolute Gasteiger partial charge is 0.306 e. The van der Waals surface area contributed by atoms with Crippen molar-refractivity contribution >= 4 is 23.3 Å². The van der Waals surface area contributed by atoms with E-state index in [0.717, 1.165) is 130 Å². The van der Waals surface area contributed by atoms with E-state index in [-0.39, 0.29) is 36.9 Å². The summed E-state index contributed by atoms with van der Waals surface area (Å²) in [6.45, 7) is 16.0. The number of aromatic nitrogens is 2. The van der Waals surface area contributed by atoms with E-state index in [1.165, 1.54) is 82.7 Å². The van der Waals surface area contributed by atoms with Crippen molar-refractivity contribution in [2.24, 2.45) is 58.0 Å². The minimum Gasteiger partial charge on any atom is -0.462 e. The number of nitrogens with zero attached hydrogens (tertiary/aromatic N) is 4. The Hall–Kier alpha value is -3.24. The summed E-state index contributed by atoms with van der Waals surface area (Å²) in [5, 5.41) is 6.58. The fourth-order valence-corrected chi connectivity index (χ4v) is 15.0. The highest BCUT2D eigenvalue weighted by atomic mass is 16.5. The molecule has 380 valence electrons. The first-order valence-electron chi connectivity index (χ1n) is 28.0. The molecule has 5 fully saturated rings. The molecule has 1 aliphatic heterocycles. The molecular formula is C58H95N7O3. The zero-order chi connectivity index (χ0) is 48.3. The number of carbonyl (C=O) groups excluding carboxylic acids is 2. The van der Waals surface area contributed by atoms with Crippen LogP contribution in [0.15, 0.2) is 36.7 Å². The molecule has 10 nitrogen and oxygen atoms in total. The molecule has 2 aromatic rings. The van der Waals surface area contributed by atoms with Crippen LogP contribution in [0.1, 0.15) is 187 Å². The Balaban J connectivity index is 0.717. The molecule has 1 amide bonds. The molecule has 0 bridgehead atoms. The van der Waals surface area contributed by atoms with Crippen molar-refractivity contribution in [3.8, 4) is 0 Å². The average Bonchev–Trinajstić information content (AvgIpc) is 3.93.